The first-order valence-corrected chi connectivity index (χ1v) is 6.99. The topological polar surface area (TPSA) is 53.8 Å². The Bertz CT molecular complexity index is 387. The second-order valence-electron chi connectivity index (χ2n) is 5.76. The zero-order valence-electron chi connectivity index (χ0n) is 10.6. The Kier molecular flexibility index (Phi) is 3.56. The van der Waals surface area contributed by atoms with Crippen LogP contribution < -0.4 is 5.32 Å². The van der Waals surface area contributed by atoms with Crippen molar-refractivity contribution < 1.29 is 4.79 Å². The smallest absolute Gasteiger partial charge is 0.236 e. The molecule has 1 saturated carbocycles. The van der Waals surface area contributed by atoms with Gasteiger partial charge in [-0.2, -0.15) is 5.10 Å². The Labute approximate surface area is 106 Å². The number of hydrogen-bond donors (Lipinski definition) is 1. The average molecular weight is 253 g/mol. The Morgan fingerprint density at radius 1 is 1.41 bits per heavy atom. The first-order valence-electron chi connectivity index (χ1n) is 6.01. The number of rotatable bonds is 1. The van der Waals surface area contributed by atoms with Crippen molar-refractivity contribution in [1.29, 1.82) is 0 Å². The molecule has 0 aromatic carbocycles. The molecule has 1 saturated heterocycles. The van der Waals surface area contributed by atoms with Crippen LogP contribution in [0.1, 0.15) is 40.0 Å². The number of nitrogens with one attached hydrogen (secondary N) is 1. The molecule has 1 aliphatic carbocycles. The molecule has 1 amide bonds. The summed E-state index contributed by atoms with van der Waals surface area (Å²) in [5.74, 6) is 1.15. The van der Waals surface area contributed by atoms with Crippen molar-refractivity contribution in [3.05, 3.63) is 0 Å². The zero-order chi connectivity index (χ0) is 12.5. The van der Waals surface area contributed by atoms with E-state index >= 15 is 0 Å². The van der Waals surface area contributed by atoms with Crippen LogP contribution in [0.3, 0.4) is 0 Å². The average Bonchev–Trinajstić information content (AvgIpc) is 2.58. The molecular formula is C12H19N3OS. The zero-order valence-corrected chi connectivity index (χ0v) is 11.4. The molecule has 94 valence electrons. The van der Waals surface area contributed by atoms with Crippen molar-refractivity contribution in [1.82, 2.24) is 5.32 Å². The lowest BCUT2D eigenvalue weighted by atomic mass is 9.72. The summed E-state index contributed by atoms with van der Waals surface area (Å²) >= 11 is 1.42. The molecular weight excluding hydrogens is 234 g/mol. The second-order valence-corrected chi connectivity index (χ2v) is 6.73. The second kappa shape index (κ2) is 4.80. The van der Waals surface area contributed by atoms with Gasteiger partial charge in [0.25, 0.3) is 0 Å². The highest BCUT2D eigenvalue weighted by Crippen LogP contribution is 2.37. The van der Waals surface area contributed by atoms with E-state index in [0.29, 0.717) is 22.3 Å². The van der Waals surface area contributed by atoms with E-state index in [0.717, 1.165) is 18.6 Å². The van der Waals surface area contributed by atoms with Gasteiger partial charge in [0, 0.05) is 5.71 Å². The molecule has 0 unspecified atom stereocenters. The van der Waals surface area contributed by atoms with E-state index in [9.17, 15) is 4.79 Å². The van der Waals surface area contributed by atoms with Crippen molar-refractivity contribution in [2.24, 2.45) is 21.5 Å². The maximum atomic E-state index is 11.0. The minimum Gasteiger partial charge on any atom is -0.303 e. The number of hydrogen-bond acceptors (Lipinski definition) is 4. The van der Waals surface area contributed by atoms with Gasteiger partial charge in [0.05, 0.1) is 5.75 Å². The summed E-state index contributed by atoms with van der Waals surface area (Å²) in [6.45, 7) is 6.81. The molecule has 4 nitrogen and oxygen atoms in total. The third kappa shape index (κ3) is 3.56. The first-order chi connectivity index (χ1) is 7.94. The normalized spacial score (nSPS) is 33.1. The number of amides is 1. The van der Waals surface area contributed by atoms with Gasteiger partial charge in [0.15, 0.2) is 5.17 Å². The molecule has 0 bridgehead atoms. The molecule has 5 heteroatoms. The first kappa shape index (κ1) is 12.6. The number of amidine groups is 1. The van der Waals surface area contributed by atoms with E-state index in [1.165, 1.54) is 18.2 Å². The van der Waals surface area contributed by atoms with Gasteiger partial charge in [-0.1, -0.05) is 32.5 Å². The summed E-state index contributed by atoms with van der Waals surface area (Å²) in [5.41, 5.74) is 1.48. The number of nitrogens with zero attached hydrogens (tertiary/aromatic N) is 2. The molecule has 0 aromatic rings. The summed E-state index contributed by atoms with van der Waals surface area (Å²) in [5, 5.41) is 11.8. The quantitative estimate of drug-likeness (QED) is 0.730. The van der Waals surface area contributed by atoms with Gasteiger partial charge >= 0.3 is 0 Å². The lowest BCUT2D eigenvalue weighted by molar-refractivity contribution is -0.116. The molecule has 2 fully saturated rings. The Hall–Kier alpha value is -0.840. The molecule has 1 aliphatic heterocycles. The van der Waals surface area contributed by atoms with Crippen LogP contribution in [0.5, 0.6) is 0 Å². The van der Waals surface area contributed by atoms with E-state index in [2.05, 4.69) is 36.3 Å². The van der Waals surface area contributed by atoms with Gasteiger partial charge in [0.1, 0.15) is 0 Å². The third-order valence-corrected chi connectivity index (χ3v) is 3.90. The highest BCUT2D eigenvalue weighted by molar-refractivity contribution is 8.15. The van der Waals surface area contributed by atoms with Gasteiger partial charge in [-0.3, -0.25) is 4.79 Å². The SMILES string of the molecule is C[C@@H]1C/C(=N\N=C2/NC(=O)CS2)CC(C)(C)C1. The van der Waals surface area contributed by atoms with E-state index in [4.69, 9.17) is 0 Å². The van der Waals surface area contributed by atoms with Crippen LogP contribution in [0.15, 0.2) is 10.2 Å². The van der Waals surface area contributed by atoms with E-state index in [1.54, 1.807) is 0 Å². The van der Waals surface area contributed by atoms with Crippen LogP contribution in [-0.2, 0) is 4.79 Å². The van der Waals surface area contributed by atoms with Crippen molar-refractivity contribution in [3.63, 3.8) is 0 Å². The minimum absolute atomic E-state index is 0.0197. The molecule has 1 N–H and O–H groups in total. The highest BCUT2D eigenvalue weighted by atomic mass is 32.2. The summed E-state index contributed by atoms with van der Waals surface area (Å²) in [6.07, 6.45) is 3.28. The summed E-state index contributed by atoms with van der Waals surface area (Å²) < 4.78 is 0. The van der Waals surface area contributed by atoms with Crippen LogP contribution in [0.2, 0.25) is 0 Å². The van der Waals surface area contributed by atoms with Crippen LogP contribution in [0.4, 0.5) is 0 Å². The van der Waals surface area contributed by atoms with Crippen LogP contribution in [-0.4, -0.2) is 22.5 Å². The molecule has 17 heavy (non-hydrogen) atoms. The fourth-order valence-electron chi connectivity index (χ4n) is 2.69. The van der Waals surface area contributed by atoms with Crippen molar-refractivity contribution in [2.75, 3.05) is 5.75 Å². The Balaban J connectivity index is 2.04. The number of carbonyl (C=O) groups is 1. The van der Waals surface area contributed by atoms with E-state index in [-0.39, 0.29) is 5.91 Å². The van der Waals surface area contributed by atoms with Crippen molar-refractivity contribution in [2.45, 2.75) is 40.0 Å². The largest absolute Gasteiger partial charge is 0.303 e. The monoisotopic (exact) mass is 253 g/mol. The van der Waals surface area contributed by atoms with Crippen LogP contribution in [0.25, 0.3) is 0 Å². The Morgan fingerprint density at radius 2 is 2.18 bits per heavy atom. The predicted molar refractivity (Wildman–Crippen MR) is 72.3 cm³/mol. The molecule has 1 heterocycles. The van der Waals surface area contributed by atoms with E-state index in [1.807, 2.05) is 0 Å². The number of thioether (sulfide) groups is 1. The van der Waals surface area contributed by atoms with E-state index < -0.39 is 0 Å². The standard InChI is InChI=1S/C12H19N3OS/c1-8-4-9(6-12(2,3)5-8)14-15-11-13-10(16)7-17-11/h8H,4-7H2,1-3H3,(H,13,15,16)/b14-9+/t8-/m1/s1. The summed E-state index contributed by atoms with van der Waals surface area (Å²) in [6, 6.07) is 0. The molecule has 2 rings (SSSR count). The molecule has 0 radical (unpaired) electrons. The summed E-state index contributed by atoms with van der Waals surface area (Å²) in [7, 11) is 0. The summed E-state index contributed by atoms with van der Waals surface area (Å²) in [4.78, 5) is 11.0. The highest BCUT2D eigenvalue weighted by Gasteiger charge is 2.29. The third-order valence-electron chi connectivity index (χ3n) is 3.04. The molecule has 0 spiro atoms. The fourth-order valence-corrected chi connectivity index (χ4v) is 3.31. The predicted octanol–water partition coefficient (Wildman–Crippen LogP) is 2.41. The fraction of sp³-hybridized carbons (Fsp3) is 0.750. The Morgan fingerprint density at radius 3 is 2.76 bits per heavy atom. The van der Waals surface area contributed by atoms with Gasteiger partial charge in [-0.25, -0.2) is 0 Å². The number of carbonyl (C=O) groups excluding carboxylic acids is 1. The maximum Gasteiger partial charge on any atom is 0.236 e. The molecule has 0 aromatic heterocycles. The van der Waals surface area contributed by atoms with Crippen LogP contribution >= 0.6 is 11.8 Å². The van der Waals surface area contributed by atoms with Gasteiger partial charge < -0.3 is 5.32 Å². The molecule has 2 aliphatic rings. The van der Waals surface area contributed by atoms with Gasteiger partial charge in [-0.15, -0.1) is 5.10 Å². The molecule has 1 atom stereocenters. The lowest BCUT2D eigenvalue weighted by Crippen LogP contribution is -2.27. The van der Waals surface area contributed by atoms with Crippen molar-refractivity contribution in [3.8, 4) is 0 Å². The van der Waals surface area contributed by atoms with Crippen molar-refractivity contribution >= 4 is 28.5 Å². The maximum absolute atomic E-state index is 11.0. The minimum atomic E-state index is 0.0197. The lowest BCUT2D eigenvalue weighted by Gasteiger charge is -2.34. The van der Waals surface area contributed by atoms with Crippen LogP contribution in [0, 0.1) is 11.3 Å². The van der Waals surface area contributed by atoms with Gasteiger partial charge in [0.2, 0.25) is 5.91 Å². The van der Waals surface area contributed by atoms with Gasteiger partial charge in [-0.05, 0) is 30.6 Å².